The summed E-state index contributed by atoms with van der Waals surface area (Å²) in [5.41, 5.74) is 7.46. The van der Waals surface area contributed by atoms with E-state index < -0.39 is 0 Å². The molecule has 0 saturated carbocycles. The molecule has 0 heterocycles. The van der Waals surface area contributed by atoms with Crippen LogP contribution in [0.1, 0.15) is 43.0 Å². The zero-order chi connectivity index (χ0) is 12.3. The first-order valence-corrected chi connectivity index (χ1v) is 5.79. The molecule has 0 nitrogen and oxygen atoms in total. The molecule has 0 saturated heterocycles. The van der Waals surface area contributed by atoms with Crippen LogP contribution in [-0.2, 0) is 0 Å². The smallest absolute Gasteiger partial charge is 0.00396 e. The van der Waals surface area contributed by atoms with Crippen molar-refractivity contribution in [1.29, 1.82) is 0 Å². The van der Waals surface area contributed by atoms with Gasteiger partial charge in [0.25, 0.3) is 0 Å². The van der Waals surface area contributed by atoms with Gasteiger partial charge in [-0.05, 0) is 47.2 Å². The van der Waals surface area contributed by atoms with E-state index in [0.717, 1.165) is 5.57 Å². The fourth-order valence-corrected chi connectivity index (χ4v) is 2.07. The van der Waals surface area contributed by atoms with Crippen LogP contribution in [0.5, 0.6) is 0 Å². The van der Waals surface area contributed by atoms with Crippen molar-refractivity contribution in [2.45, 2.75) is 27.7 Å². The third kappa shape index (κ3) is 1.88. The van der Waals surface area contributed by atoms with Crippen LogP contribution in [0.15, 0.2) is 31.4 Å². The molecule has 0 aromatic heterocycles. The second kappa shape index (κ2) is 4.98. The van der Waals surface area contributed by atoms with E-state index in [1.54, 1.807) is 0 Å². The van der Waals surface area contributed by atoms with E-state index in [-0.39, 0.29) is 0 Å². The maximum absolute atomic E-state index is 4.07. The lowest BCUT2D eigenvalue weighted by molar-refractivity contribution is 1.41. The first-order valence-electron chi connectivity index (χ1n) is 5.79. The Labute approximate surface area is 99.0 Å². The summed E-state index contributed by atoms with van der Waals surface area (Å²) < 4.78 is 0. The van der Waals surface area contributed by atoms with Gasteiger partial charge in [0.1, 0.15) is 0 Å². The lowest BCUT2D eigenvalue weighted by Gasteiger charge is -2.09. The summed E-state index contributed by atoms with van der Waals surface area (Å²) in [5.74, 6) is 0. The maximum Gasteiger partial charge on any atom is -0.00396 e. The number of rotatable bonds is 1. The van der Waals surface area contributed by atoms with Gasteiger partial charge >= 0.3 is 0 Å². The van der Waals surface area contributed by atoms with E-state index in [0.29, 0.717) is 0 Å². The van der Waals surface area contributed by atoms with Crippen molar-refractivity contribution in [3.05, 3.63) is 53.6 Å². The van der Waals surface area contributed by atoms with E-state index in [2.05, 4.69) is 45.2 Å². The Morgan fingerprint density at radius 2 is 1.75 bits per heavy atom. The molecule has 1 aromatic carbocycles. The van der Waals surface area contributed by atoms with Crippen molar-refractivity contribution in [3.8, 4) is 0 Å². The summed E-state index contributed by atoms with van der Waals surface area (Å²) in [6, 6.07) is 4.31. The highest BCUT2D eigenvalue weighted by Gasteiger charge is 2.17. The average Bonchev–Trinajstić information content (AvgIpc) is 2.57. The standard InChI is InChI=1S/C14H14.C2H6/c1-5-12-9(2)6-7-13-10(3)8-11(4)14(12)13;1-2/h5-8H,1,4H2,2-3H3;1-2H3. The summed E-state index contributed by atoms with van der Waals surface area (Å²) in [4.78, 5) is 0. The van der Waals surface area contributed by atoms with Crippen molar-refractivity contribution in [2.24, 2.45) is 0 Å². The quantitative estimate of drug-likeness (QED) is 0.608. The molecule has 0 radical (unpaired) electrons. The minimum Gasteiger partial charge on any atom is -0.0984 e. The molecule has 0 aliphatic heterocycles. The van der Waals surface area contributed by atoms with Crippen LogP contribution in [0.3, 0.4) is 0 Å². The number of allylic oxidation sites excluding steroid dienone is 3. The van der Waals surface area contributed by atoms with Crippen LogP contribution in [0.2, 0.25) is 0 Å². The summed E-state index contributed by atoms with van der Waals surface area (Å²) >= 11 is 0. The fraction of sp³-hybridized carbons (Fsp3) is 0.250. The molecule has 0 spiro atoms. The maximum atomic E-state index is 4.07. The van der Waals surface area contributed by atoms with Crippen molar-refractivity contribution < 1.29 is 0 Å². The van der Waals surface area contributed by atoms with Crippen LogP contribution in [0.25, 0.3) is 17.2 Å². The second-order valence-corrected chi connectivity index (χ2v) is 3.78. The SMILES string of the molecule is C=Cc1c(C)ccc2c1C(=C)C=C2C.CC. The van der Waals surface area contributed by atoms with Crippen LogP contribution >= 0.6 is 0 Å². The Hall–Kier alpha value is -1.56. The molecule has 84 valence electrons. The van der Waals surface area contributed by atoms with Gasteiger partial charge in [-0.2, -0.15) is 0 Å². The molecule has 2 rings (SSSR count). The molecule has 16 heavy (non-hydrogen) atoms. The Morgan fingerprint density at radius 3 is 2.31 bits per heavy atom. The molecule has 1 aliphatic rings. The normalized spacial score (nSPS) is 12.5. The van der Waals surface area contributed by atoms with Gasteiger partial charge in [-0.1, -0.05) is 51.3 Å². The average molecular weight is 212 g/mol. The number of benzene rings is 1. The van der Waals surface area contributed by atoms with Gasteiger partial charge in [0.05, 0.1) is 0 Å². The van der Waals surface area contributed by atoms with Gasteiger partial charge in [0.2, 0.25) is 0 Å². The molecular weight excluding hydrogens is 192 g/mol. The first-order chi connectivity index (χ1) is 7.65. The van der Waals surface area contributed by atoms with Crippen molar-refractivity contribution in [1.82, 2.24) is 0 Å². The molecule has 1 aromatic rings. The van der Waals surface area contributed by atoms with Gasteiger partial charge in [0, 0.05) is 0 Å². The van der Waals surface area contributed by atoms with E-state index in [4.69, 9.17) is 0 Å². The van der Waals surface area contributed by atoms with Crippen molar-refractivity contribution >= 4 is 17.2 Å². The Bertz CT molecular complexity index is 459. The lowest BCUT2D eigenvalue weighted by atomic mass is 9.95. The largest absolute Gasteiger partial charge is 0.0984 e. The Kier molecular flexibility index (Phi) is 3.89. The topological polar surface area (TPSA) is 0 Å². The van der Waals surface area contributed by atoms with Crippen molar-refractivity contribution in [3.63, 3.8) is 0 Å². The molecule has 0 atom stereocenters. The number of fused-ring (bicyclic) bond motifs is 1. The summed E-state index contributed by atoms with van der Waals surface area (Å²) in [7, 11) is 0. The van der Waals surface area contributed by atoms with E-state index >= 15 is 0 Å². The van der Waals surface area contributed by atoms with Gasteiger partial charge in [-0.3, -0.25) is 0 Å². The van der Waals surface area contributed by atoms with Crippen molar-refractivity contribution in [2.75, 3.05) is 0 Å². The predicted octanol–water partition coefficient (Wildman–Crippen LogP) is 5.09. The number of aryl methyl sites for hydroxylation is 1. The van der Waals surface area contributed by atoms with Gasteiger partial charge in [-0.25, -0.2) is 0 Å². The van der Waals surface area contributed by atoms with Crippen LogP contribution in [0.4, 0.5) is 0 Å². The fourth-order valence-electron chi connectivity index (χ4n) is 2.07. The van der Waals surface area contributed by atoms with Gasteiger partial charge in [0.15, 0.2) is 0 Å². The van der Waals surface area contributed by atoms with Crippen LogP contribution in [-0.4, -0.2) is 0 Å². The molecule has 0 fully saturated rings. The minimum absolute atomic E-state index is 1.11. The molecule has 0 bridgehead atoms. The molecule has 1 aliphatic carbocycles. The summed E-state index contributed by atoms with van der Waals surface area (Å²) in [5, 5.41) is 0. The second-order valence-electron chi connectivity index (χ2n) is 3.78. The van der Waals surface area contributed by atoms with Gasteiger partial charge < -0.3 is 0 Å². The third-order valence-electron chi connectivity index (χ3n) is 2.80. The number of hydrogen-bond acceptors (Lipinski definition) is 0. The monoisotopic (exact) mass is 212 g/mol. The molecule has 0 unspecified atom stereocenters. The Balaban J connectivity index is 0.000000606. The highest BCUT2D eigenvalue weighted by atomic mass is 14.2. The zero-order valence-corrected chi connectivity index (χ0v) is 10.7. The zero-order valence-electron chi connectivity index (χ0n) is 10.7. The predicted molar refractivity (Wildman–Crippen MR) is 75.3 cm³/mol. The highest BCUT2D eigenvalue weighted by Crippen LogP contribution is 2.37. The summed E-state index contributed by atoms with van der Waals surface area (Å²) in [6.45, 7) is 16.2. The molecular formula is C16H20. The molecule has 0 heteroatoms. The lowest BCUT2D eigenvalue weighted by Crippen LogP contribution is -1.90. The van der Waals surface area contributed by atoms with E-state index in [1.165, 1.54) is 27.8 Å². The van der Waals surface area contributed by atoms with Crippen LogP contribution < -0.4 is 0 Å². The molecule has 0 N–H and O–H groups in total. The Morgan fingerprint density at radius 1 is 1.12 bits per heavy atom. The van der Waals surface area contributed by atoms with Gasteiger partial charge in [-0.15, -0.1) is 0 Å². The summed E-state index contributed by atoms with van der Waals surface area (Å²) in [6.07, 6.45) is 4.06. The molecule has 0 amide bonds. The number of hydrogen-bond donors (Lipinski definition) is 0. The third-order valence-corrected chi connectivity index (χ3v) is 2.80. The highest BCUT2D eigenvalue weighted by molar-refractivity contribution is 5.97. The van der Waals surface area contributed by atoms with Crippen LogP contribution in [0, 0.1) is 6.92 Å². The van der Waals surface area contributed by atoms with E-state index in [9.17, 15) is 0 Å². The minimum atomic E-state index is 1.11. The van der Waals surface area contributed by atoms with E-state index in [1.807, 2.05) is 19.9 Å². The first kappa shape index (κ1) is 12.5.